The van der Waals surface area contributed by atoms with Crippen LogP contribution in [0.25, 0.3) is 21.7 Å². The van der Waals surface area contributed by atoms with Gasteiger partial charge in [-0.3, -0.25) is 0 Å². The number of phenols is 1. The summed E-state index contributed by atoms with van der Waals surface area (Å²) >= 11 is 5.16. The Kier molecular flexibility index (Phi) is 10.1. The highest BCUT2D eigenvalue weighted by atomic mass is 79.9. The molecule has 4 rings (SSSR count). The van der Waals surface area contributed by atoms with E-state index in [2.05, 4.69) is 46.3 Å². The SMILES string of the molecule is CCOC(=O)c1c(CSc2ccc3ccccc3c2)n(C)c2c(CN(C)C)c(O)c(Br)cc12.Cl.O. The van der Waals surface area contributed by atoms with Crippen molar-refractivity contribution in [2.24, 2.45) is 7.05 Å². The van der Waals surface area contributed by atoms with Gasteiger partial charge in [-0.1, -0.05) is 30.3 Å². The second-order valence-corrected chi connectivity index (χ2v) is 10.1. The van der Waals surface area contributed by atoms with Crippen LogP contribution in [-0.4, -0.2) is 46.7 Å². The Bertz CT molecular complexity index is 1360. The van der Waals surface area contributed by atoms with Crippen molar-refractivity contribution in [3.8, 4) is 5.75 Å². The van der Waals surface area contributed by atoms with E-state index in [-0.39, 0.29) is 29.6 Å². The molecule has 3 N–H and O–H groups in total. The average Bonchev–Trinajstić information content (AvgIpc) is 3.06. The van der Waals surface area contributed by atoms with Crippen molar-refractivity contribution in [1.29, 1.82) is 0 Å². The minimum Gasteiger partial charge on any atom is -0.506 e. The van der Waals surface area contributed by atoms with Crippen LogP contribution in [0.3, 0.4) is 0 Å². The molecule has 4 aromatic rings. The zero-order chi connectivity index (χ0) is 23.7. The van der Waals surface area contributed by atoms with E-state index in [1.807, 2.05) is 55.7 Å². The summed E-state index contributed by atoms with van der Waals surface area (Å²) in [4.78, 5) is 16.2. The molecule has 0 saturated heterocycles. The number of carbonyl (C=O) groups excluding carboxylic acids is 1. The van der Waals surface area contributed by atoms with Crippen LogP contribution < -0.4 is 0 Å². The Morgan fingerprint density at radius 2 is 1.83 bits per heavy atom. The molecule has 0 radical (unpaired) electrons. The Hall–Kier alpha value is -2.23. The Balaban J connectivity index is 0.00000216. The number of hydrogen-bond donors (Lipinski definition) is 1. The van der Waals surface area contributed by atoms with E-state index in [1.54, 1.807) is 11.8 Å². The maximum Gasteiger partial charge on any atom is 0.340 e. The average molecular weight is 582 g/mol. The summed E-state index contributed by atoms with van der Waals surface area (Å²) in [7, 11) is 5.86. The van der Waals surface area contributed by atoms with Crippen molar-refractivity contribution in [1.82, 2.24) is 9.47 Å². The summed E-state index contributed by atoms with van der Waals surface area (Å²) < 4.78 is 8.04. The first-order valence-corrected chi connectivity index (χ1v) is 12.5. The number of aromatic nitrogens is 1. The number of carbonyl (C=O) groups is 1. The number of rotatable bonds is 7. The molecule has 9 heteroatoms. The minimum atomic E-state index is -0.342. The molecule has 1 heterocycles. The van der Waals surface area contributed by atoms with Crippen molar-refractivity contribution >= 4 is 67.7 Å². The van der Waals surface area contributed by atoms with Gasteiger partial charge in [-0.25, -0.2) is 4.79 Å². The van der Waals surface area contributed by atoms with E-state index < -0.39 is 0 Å². The van der Waals surface area contributed by atoms with Crippen LogP contribution in [0, 0.1) is 0 Å². The highest BCUT2D eigenvalue weighted by molar-refractivity contribution is 9.10. The Labute approximate surface area is 224 Å². The fraction of sp³-hybridized carbons (Fsp3) is 0.269. The summed E-state index contributed by atoms with van der Waals surface area (Å²) in [6, 6.07) is 16.5. The van der Waals surface area contributed by atoms with Gasteiger partial charge in [0.05, 0.1) is 22.2 Å². The zero-order valence-electron chi connectivity index (χ0n) is 20.1. The lowest BCUT2D eigenvalue weighted by atomic mass is 10.1. The number of fused-ring (bicyclic) bond motifs is 2. The van der Waals surface area contributed by atoms with Crippen molar-refractivity contribution in [3.63, 3.8) is 0 Å². The monoisotopic (exact) mass is 580 g/mol. The number of thioether (sulfide) groups is 1. The van der Waals surface area contributed by atoms with Crippen molar-refractivity contribution in [2.45, 2.75) is 24.1 Å². The smallest absolute Gasteiger partial charge is 0.340 e. The van der Waals surface area contributed by atoms with E-state index in [4.69, 9.17) is 4.74 Å². The van der Waals surface area contributed by atoms with Gasteiger partial charge >= 0.3 is 5.97 Å². The fourth-order valence-corrected chi connectivity index (χ4v) is 5.67. The number of benzene rings is 3. The first kappa shape index (κ1) is 29.0. The normalized spacial score (nSPS) is 10.9. The number of aryl methyl sites for hydroxylation is 1. The molecule has 0 saturated carbocycles. The molecule has 1 aromatic heterocycles. The molecule has 6 nitrogen and oxygen atoms in total. The second-order valence-electron chi connectivity index (χ2n) is 8.22. The second kappa shape index (κ2) is 12.1. The van der Waals surface area contributed by atoms with Gasteiger partial charge in [-0.05, 0) is 65.9 Å². The van der Waals surface area contributed by atoms with Crippen LogP contribution in [-0.2, 0) is 24.1 Å². The van der Waals surface area contributed by atoms with E-state index in [1.165, 1.54) is 10.8 Å². The van der Waals surface area contributed by atoms with E-state index in [0.717, 1.165) is 27.1 Å². The van der Waals surface area contributed by atoms with Gasteiger partial charge in [-0.15, -0.1) is 24.2 Å². The van der Waals surface area contributed by atoms with Gasteiger partial charge in [-0.2, -0.15) is 0 Å². The molecule has 0 bridgehead atoms. The van der Waals surface area contributed by atoms with Crippen LogP contribution in [0.4, 0.5) is 0 Å². The lowest BCUT2D eigenvalue weighted by Crippen LogP contribution is -2.12. The maximum absolute atomic E-state index is 13.1. The maximum atomic E-state index is 13.1. The molecular formula is C26H30BrClN2O4S. The molecule has 0 spiro atoms. The largest absolute Gasteiger partial charge is 0.506 e. The van der Waals surface area contributed by atoms with Crippen LogP contribution in [0.15, 0.2) is 57.9 Å². The van der Waals surface area contributed by atoms with Gasteiger partial charge in [0.2, 0.25) is 0 Å². The van der Waals surface area contributed by atoms with Crippen molar-refractivity contribution < 1.29 is 20.1 Å². The summed E-state index contributed by atoms with van der Waals surface area (Å²) in [6.45, 7) is 2.65. The van der Waals surface area contributed by atoms with E-state index in [9.17, 15) is 9.90 Å². The van der Waals surface area contributed by atoms with Crippen LogP contribution in [0.2, 0.25) is 0 Å². The highest BCUT2D eigenvalue weighted by Crippen LogP contribution is 2.40. The molecule has 0 unspecified atom stereocenters. The van der Waals surface area contributed by atoms with E-state index >= 15 is 0 Å². The quantitative estimate of drug-likeness (QED) is 0.216. The highest BCUT2D eigenvalue weighted by Gasteiger charge is 2.26. The summed E-state index contributed by atoms with van der Waals surface area (Å²) in [5.74, 6) is 0.448. The predicted octanol–water partition coefficient (Wildman–Crippen LogP) is 5.93. The van der Waals surface area contributed by atoms with Gasteiger partial charge < -0.3 is 24.8 Å². The Morgan fingerprint density at radius 1 is 1.14 bits per heavy atom. The predicted molar refractivity (Wildman–Crippen MR) is 150 cm³/mol. The van der Waals surface area contributed by atoms with Crippen molar-refractivity contribution in [2.75, 3.05) is 20.7 Å². The van der Waals surface area contributed by atoms with Gasteiger partial charge in [0.25, 0.3) is 0 Å². The molecule has 0 aliphatic rings. The number of ether oxygens (including phenoxy) is 1. The van der Waals surface area contributed by atoms with Crippen LogP contribution in [0.1, 0.15) is 28.5 Å². The molecule has 35 heavy (non-hydrogen) atoms. The molecule has 188 valence electrons. The van der Waals surface area contributed by atoms with Gasteiger partial charge in [0, 0.05) is 40.9 Å². The standard InChI is InChI=1S/C26H27BrN2O3S.ClH.H2O/c1-5-32-26(31)23-19-13-21(27)25(30)20(14-28(2)3)24(19)29(4)22(23)15-33-18-11-10-16-8-6-7-9-17(16)12-18;;/h6-13,30H,5,14-15H2,1-4H3;1H;1H2. The summed E-state index contributed by atoms with van der Waals surface area (Å²) in [5.41, 5.74) is 3.06. The third-order valence-electron chi connectivity index (χ3n) is 5.67. The summed E-state index contributed by atoms with van der Waals surface area (Å²) in [6.07, 6.45) is 0. The number of aromatic hydroxyl groups is 1. The molecule has 3 aromatic carbocycles. The number of hydrogen-bond acceptors (Lipinski definition) is 5. The molecule has 0 amide bonds. The lowest BCUT2D eigenvalue weighted by Gasteiger charge is -2.15. The Morgan fingerprint density at radius 3 is 2.49 bits per heavy atom. The zero-order valence-corrected chi connectivity index (χ0v) is 23.3. The topological polar surface area (TPSA) is 86.2 Å². The van der Waals surface area contributed by atoms with Gasteiger partial charge in [0.15, 0.2) is 0 Å². The number of phenolic OH excluding ortho intramolecular Hbond substituents is 1. The molecule has 0 aliphatic carbocycles. The van der Waals surface area contributed by atoms with Gasteiger partial charge in [0.1, 0.15) is 5.75 Å². The number of halogens is 2. The van der Waals surface area contributed by atoms with E-state index in [0.29, 0.717) is 28.9 Å². The molecule has 0 aliphatic heterocycles. The minimum absolute atomic E-state index is 0. The van der Waals surface area contributed by atoms with Crippen LogP contribution >= 0.6 is 40.1 Å². The first-order chi connectivity index (χ1) is 15.8. The first-order valence-electron chi connectivity index (χ1n) is 10.8. The fourth-order valence-electron chi connectivity index (χ4n) is 4.19. The lowest BCUT2D eigenvalue weighted by molar-refractivity contribution is 0.0527. The number of nitrogens with zero attached hydrogens (tertiary/aromatic N) is 2. The molecular weight excluding hydrogens is 552 g/mol. The molecule has 0 atom stereocenters. The third kappa shape index (κ3) is 5.78. The van der Waals surface area contributed by atoms with Crippen LogP contribution in [0.5, 0.6) is 5.75 Å². The van der Waals surface area contributed by atoms with Crippen molar-refractivity contribution in [3.05, 3.63) is 69.8 Å². The molecule has 0 fully saturated rings. The third-order valence-corrected chi connectivity index (χ3v) is 7.28. The number of esters is 1. The summed E-state index contributed by atoms with van der Waals surface area (Å²) in [5, 5.41) is 14.0.